The summed E-state index contributed by atoms with van der Waals surface area (Å²) in [6, 6.07) is 10.4. The van der Waals surface area contributed by atoms with Gasteiger partial charge in [-0.15, -0.1) is 0 Å². The molecule has 0 bridgehead atoms. The first-order valence-electron chi connectivity index (χ1n) is 7.56. The number of aromatic hydroxyl groups is 1. The molecule has 1 amide bonds. The first kappa shape index (κ1) is 19.0. The van der Waals surface area contributed by atoms with E-state index in [9.17, 15) is 18.3 Å². The summed E-state index contributed by atoms with van der Waals surface area (Å²) in [7, 11) is -2.33. The van der Waals surface area contributed by atoms with Gasteiger partial charge in [-0.3, -0.25) is 4.79 Å². The number of nitrogens with one attached hydrogen (secondary N) is 1. The molecule has 2 aromatic carbocycles. The summed E-state index contributed by atoms with van der Waals surface area (Å²) in [5.41, 5.74) is 1.15. The first-order valence-corrected chi connectivity index (χ1v) is 9.92. The normalized spacial score (nSPS) is 17.3. The standard InChI is InChI=1S/C17H15N3O5S2/c1-25-14-8-10(2-7-13(14)21)9-15-16(22)20-17(26-15)19-11-3-5-12(6-4-11)27(18,23)24/h2-9,21H,1H3,(H2,18,23,24)(H,19,20,22). The van der Waals surface area contributed by atoms with Gasteiger partial charge in [0.2, 0.25) is 10.0 Å². The second kappa shape index (κ2) is 7.43. The molecule has 0 spiro atoms. The van der Waals surface area contributed by atoms with Crippen LogP contribution in [0.15, 0.2) is 57.3 Å². The molecule has 0 unspecified atom stereocenters. The van der Waals surface area contributed by atoms with Gasteiger partial charge in [-0.1, -0.05) is 6.07 Å². The van der Waals surface area contributed by atoms with E-state index in [0.29, 0.717) is 27.1 Å². The number of sulfonamides is 1. The van der Waals surface area contributed by atoms with Crippen molar-refractivity contribution in [3.63, 3.8) is 0 Å². The van der Waals surface area contributed by atoms with Gasteiger partial charge in [0.25, 0.3) is 5.91 Å². The van der Waals surface area contributed by atoms with Crippen molar-refractivity contribution in [1.29, 1.82) is 0 Å². The van der Waals surface area contributed by atoms with Gasteiger partial charge in [0, 0.05) is 0 Å². The third kappa shape index (κ3) is 4.48. The number of rotatable bonds is 4. The van der Waals surface area contributed by atoms with Crippen LogP contribution in [0.4, 0.5) is 5.69 Å². The number of ether oxygens (including phenoxy) is 1. The molecule has 1 aliphatic rings. The average Bonchev–Trinajstić information content (AvgIpc) is 2.95. The molecule has 8 nitrogen and oxygen atoms in total. The maximum atomic E-state index is 12.1. The third-order valence-electron chi connectivity index (χ3n) is 3.55. The van der Waals surface area contributed by atoms with Crippen molar-refractivity contribution in [2.24, 2.45) is 10.1 Å². The number of amidine groups is 1. The van der Waals surface area contributed by atoms with Crippen LogP contribution in [-0.2, 0) is 14.8 Å². The van der Waals surface area contributed by atoms with Crippen molar-refractivity contribution in [2.45, 2.75) is 4.90 Å². The number of hydrogen-bond acceptors (Lipinski definition) is 7. The van der Waals surface area contributed by atoms with E-state index in [-0.39, 0.29) is 16.6 Å². The Kier molecular flexibility index (Phi) is 5.22. The third-order valence-corrected chi connectivity index (χ3v) is 5.39. The number of nitrogens with zero attached hydrogens (tertiary/aromatic N) is 1. The van der Waals surface area contributed by atoms with Crippen LogP contribution in [0.3, 0.4) is 0 Å². The van der Waals surface area contributed by atoms with Crippen LogP contribution in [0.1, 0.15) is 5.56 Å². The van der Waals surface area contributed by atoms with Crippen LogP contribution in [0.2, 0.25) is 0 Å². The molecular weight excluding hydrogens is 390 g/mol. The van der Waals surface area contributed by atoms with E-state index in [2.05, 4.69) is 10.3 Å². The van der Waals surface area contributed by atoms with Gasteiger partial charge >= 0.3 is 0 Å². The lowest BCUT2D eigenvalue weighted by atomic mass is 10.2. The van der Waals surface area contributed by atoms with E-state index < -0.39 is 10.0 Å². The number of methoxy groups -OCH3 is 1. The van der Waals surface area contributed by atoms with E-state index in [4.69, 9.17) is 9.88 Å². The number of thioether (sulfide) groups is 1. The topological polar surface area (TPSA) is 131 Å². The number of phenolic OH excluding ortho intramolecular Hbond substituents is 1. The molecule has 0 saturated carbocycles. The fourth-order valence-electron chi connectivity index (χ4n) is 2.24. The summed E-state index contributed by atoms with van der Waals surface area (Å²) < 4.78 is 27.6. The SMILES string of the molecule is COc1cc(C=C2SC(=Nc3ccc(S(N)(=O)=O)cc3)NC2=O)ccc1O. The molecule has 1 aliphatic heterocycles. The Hall–Kier alpha value is -2.82. The van der Waals surface area contributed by atoms with Gasteiger partial charge in [0.05, 0.1) is 22.6 Å². The van der Waals surface area contributed by atoms with Gasteiger partial charge in [-0.2, -0.15) is 0 Å². The highest BCUT2D eigenvalue weighted by atomic mass is 32.2. The Bertz CT molecular complexity index is 1060. The Morgan fingerprint density at radius 3 is 2.56 bits per heavy atom. The lowest BCUT2D eigenvalue weighted by Gasteiger charge is -2.03. The van der Waals surface area contributed by atoms with Gasteiger partial charge in [0.15, 0.2) is 16.7 Å². The van der Waals surface area contributed by atoms with Gasteiger partial charge in [-0.25, -0.2) is 18.5 Å². The smallest absolute Gasteiger partial charge is 0.264 e. The summed E-state index contributed by atoms with van der Waals surface area (Å²) in [6.07, 6.45) is 1.65. The Morgan fingerprint density at radius 2 is 1.93 bits per heavy atom. The molecule has 140 valence electrons. The number of hydrogen-bond donors (Lipinski definition) is 3. The summed E-state index contributed by atoms with van der Waals surface area (Å²) in [6.45, 7) is 0. The number of aliphatic imine (C=N–C) groups is 1. The van der Waals surface area contributed by atoms with E-state index in [1.807, 2.05) is 0 Å². The number of nitrogens with two attached hydrogens (primary N) is 1. The summed E-state index contributed by atoms with van der Waals surface area (Å²) >= 11 is 1.14. The van der Waals surface area contributed by atoms with Crippen molar-refractivity contribution in [2.75, 3.05) is 7.11 Å². The molecule has 10 heteroatoms. The zero-order valence-electron chi connectivity index (χ0n) is 14.0. The maximum absolute atomic E-state index is 12.1. The van der Waals surface area contributed by atoms with Crippen molar-refractivity contribution in [3.8, 4) is 11.5 Å². The quantitative estimate of drug-likeness (QED) is 0.666. The van der Waals surface area contributed by atoms with E-state index in [0.717, 1.165) is 11.8 Å². The number of phenols is 1. The molecule has 0 atom stereocenters. The molecule has 1 fully saturated rings. The van der Waals surface area contributed by atoms with E-state index in [1.54, 1.807) is 18.2 Å². The second-order valence-electron chi connectivity index (χ2n) is 5.45. The van der Waals surface area contributed by atoms with E-state index >= 15 is 0 Å². The highest BCUT2D eigenvalue weighted by molar-refractivity contribution is 8.18. The second-order valence-corrected chi connectivity index (χ2v) is 8.04. The van der Waals surface area contributed by atoms with Crippen molar-refractivity contribution >= 4 is 44.6 Å². The predicted molar refractivity (Wildman–Crippen MR) is 103 cm³/mol. The highest BCUT2D eigenvalue weighted by Gasteiger charge is 2.24. The maximum Gasteiger partial charge on any atom is 0.264 e. The molecule has 4 N–H and O–H groups in total. The molecule has 0 radical (unpaired) electrons. The number of carbonyl (C=O) groups excluding carboxylic acids is 1. The van der Waals surface area contributed by atoms with E-state index in [1.165, 1.54) is 37.4 Å². The fourth-order valence-corrected chi connectivity index (χ4v) is 3.60. The van der Waals surface area contributed by atoms with Crippen LogP contribution in [0.5, 0.6) is 11.5 Å². The van der Waals surface area contributed by atoms with Crippen LogP contribution in [0, 0.1) is 0 Å². The molecule has 1 heterocycles. The highest BCUT2D eigenvalue weighted by Crippen LogP contribution is 2.31. The zero-order chi connectivity index (χ0) is 19.6. The van der Waals surface area contributed by atoms with Crippen molar-refractivity contribution in [1.82, 2.24) is 5.32 Å². The molecular formula is C17H15N3O5S2. The number of primary sulfonamides is 1. The predicted octanol–water partition coefficient (Wildman–Crippen LogP) is 1.94. The number of carbonyl (C=O) groups is 1. The minimum absolute atomic E-state index is 0.00775. The largest absolute Gasteiger partial charge is 0.504 e. The first-order chi connectivity index (χ1) is 12.8. The monoisotopic (exact) mass is 405 g/mol. The van der Waals surface area contributed by atoms with Crippen LogP contribution >= 0.6 is 11.8 Å². The average molecular weight is 405 g/mol. The Balaban J connectivity index is 1.81. The minimum Gasteiger partial charge on any atom is -0.504 e. The number of benzene rings is 2. The summed E-state index contributed by atoms with van der Waals surface area (Å²) in [4.78, 5) is 16.8. The Labute approximate surface area is 159 Å². The molecule has 27 heavy (non-hydrogen) atoms. The van der Waals surface area contributed by atoms with Crippen LogP contribution in [-0.4, -0.2) is 31.7 Å². The van der Waals surface area contributed by atoms with Gasteiger partial charge < -0.3 is 15.2 Å². The molecule has 0 aromatic heterocycles. The lowest BCUT2D eigenvalue weighted by Crippen LogP contribution is -2.19. The summed E-state index contributed by atoms with van der Waals surface area (Å²) in [5.74, 6) is -0.00286. The number of amides is 1. The zero-order valence-corrected chi connectivity index (χ0v) is 15.7. The van der Waals surface area contributed by atoms with Crippen LogP contribution < -0.4 is 15.2 Å². The fraction of sp³-hybridized carbons (Fsp3) is 0.0588. The summed E-state index contributed by atoms with van der Waals surface area (Å²) in [5, 5.41) is 17.7. The Morgan fingerprint density at radius 1 is 1.22 bits per heavy atom. The molecule has 3 rings (SSSR count). The molecule has 2 aromatic rings. The molecule has 1 saturated heterocycles. The van der Waals surface area contributed by atoms with Crippen LogP contribution in [0.25, 0.3) is 6.08 Å². The molecule has 0 aliphatic carbocycles. The van der Waals surface area contributed by atoms with Crippen molar-refractivity contribution < 1.29 is 23.1 Å². The lowest BCUT2D eigenvalue weighted by molar-refractivity contribution is -0.115. The minimum atomic E-state index is -3.77. The van der Waals surface area contributed by atoms with Gasteiger partial charge in [0.1, 0.15) is 0 Å². The van der Waals surface area contributed by atoms with Crippen molar-refractivity contribution in [3.05, 3.63) is 52.9 Å². The van der Waals surface area contributed by atoms with Gasteiger partial charge in [-0.05, 0) is 59.8 Å².